The van der Waals surface area contributed by atoms with Crippen molar-refractivity contribution in [2.45, 2.75) is 13.5 Å². The van der Waals surface area contributed by atoms with Crippen LogP contribution in [0.1, 0.15) is 11.4 Å². The molecular weight excluding hydrogens is 318 g/mol. The largest absolute Gasteiger partial charge is 0.496 e. The van der Waals surface area contributed by atoms with Gasteiger partial charge in [0, 0.05) is 43.2 Å². The van der Waals surface area contributed by atoms with Crippen LogP contribution in [-0.4, -0.2) is 57.9 Å². The minimum atomic E-state index is 0.602. The highest BCUT2D eigenvalue weighted by Gasteiger charge is 2.14. The van der Waals surface area contributed by atoms with E-state index in [9.17, 15) is 0 Å². The fourth-order valence-corrected chi connectivity index (χ4v) is 3.12. The first-order chi connectivity index (χ1) is 12.2. The molecule has 25 heavy (non-hydrogen) atoms. The van der Waals surface area contributed by atoms with Crippen LogP contribution in [0.15, 0.2) is 30.6 Å². The van der Waals surface area contributed by atoms with Crippen LogP contribution in [0.5, 0.6) is 5.75 Å². The molecule has 0 atom stereocenters. The number of hydrogen-bond acceptors (Lipinski definition) is 6. The van der Waals surface area contributed by atoms with Gasteiger partial charge in [-0.1, -0.05) is 6.07 Å². The van der Waals surface area contributed by atoms with Crippen molar-refractivity contribution in [2.75, 3.05) is 33.4 Å². The molecule has 0 spiro atoms. The quantitative estimate of drug-likeness (QED) is 0.724. The first kappa shape index (κ1) is 16.0. The van der Waals surface area contributed by atoms with E-state index in [4.69, 9.17) is 9.47 Å². The average Bonchev–Trinajstić information content (AvgIpc) is 3.01. The normalized spacial score (nSPS) is 15.6. The van der Waals surface area contributed by atoms with Crippen molar-refractivity contribution in [1.29, 1.82) is 0 Å². The maximum atomic E-state index is 5.56. The molecular formula is C18H21N5O2. The molecule has 0 aliphatic carbocycles. The van der Waals surface area contributed by atoms with Gasteiger partial charge in [-0.05, 0) is 24.6 Å². The van der Waals surface area contributed by atoms with Gasteiger partial charge in [-0.3, -0.25) is 4.90 Å². The lowest BCUT2D eigenvalue weighted by Crippen LogP contribution is -2.35. The fourth-order valence-electron chi connectivity index (χ4n) is 3.12. The molecule has 1 aromatic carbocycles. The molecule has 7 nitrogen and oxygen atoms in total. The van der Waals surface area contributed by atoms with Gasteiger partial charge in [-0.25, -0.2) is 9.50 Å². The van der Waals surface area contributed by atoms with E-state index in [1.807, 2.05) is 25.4 Å². The Morgan fingerprint density at radius 2 is 2.08 bits per heavy atom. The Hall–Kier alpha value is -2.51. The third kappa shape index (κ3) is 3.33. The molecule has 0 bridgehead atoms. The summed E-state index contributed by atoms with van der Waals surface area (Å²) in [4.78, 5) is 11.1. The van der Waals surface area contributed by atoms with Gasteiger partial charge in [0.2, 0.25) is 0 Å². The number of morpholine rings is 1. The first-order valence-electron chi connectivity index (χ1n) is 8.39. The zero-order chi connectivity index (χ0) is 17.2. The predicted molar refractivity (Wildman–Crippen MR) is 93.6 cm³/mol. The van der Waals surface area contributed by atoms with Gasteiger partial charge in [0.05, 0.1) is 20.3 Å². The fraction of sp³-hybridized carbons (Fsp3) is 0.389. The monoisotopic (exact) mass is 339 g/mol. The number of benzene rings is 1. The molecule has 3 aromatic rings. The lowest BCUT2D eigenvalue weighted by molar-refractivity contribution is 0.0342. The molecule has 3 heterocycles. The molecule has 130 valence electrons. The van der Waals surface area contributed by atoms with Gasteiger partial charge in [-0.2, -0.15) is 10.1 Å². The molecule has 1 fully saturated rings. The maximum Gasteiger partial charge on any atom is 0.252 e. The van der Waals surface area contributed by atoms with Gasteiger partial charge in [-0.15, -0.1) is 0 Å². The van der Waals surface area contributed by atoms with Crippen LogP contribution >= 0.6 is 0 Å². The maximum absolute atomic E-state index is 5.56. The van der Waals surface area contributed by atoms with Crippen molar-refractivity contribution in [3.8, 4) is 16.9 Å². The Balaban J connectivity index is 1.68. The molecule has 2 aromatic heterocycles. The number of aryl methyl sites for hydroxylation is 1. The van der Waals surface area contributed by atoms with Crippen molar-refractivity contribution in [2.24, 2.45) is 0 Å². The first-order valence-corrected chi connectivity index (χ1v) is 8.39. The lowest BCUT2D eigenvalue weighted by atomic mass is 10.0. The number of aromatic nitrogens is 4. The molecule has 0 radical (unpaired) electrons. The standard InChI is InChI=1S/C18H21N5O2/c1-13-20-18-19-10-15(12-23(18)21-13)16-9-14(3-4-17(16)24-2)11-22-5-7-25-8-6-22/h3-4,9-10,12H,5-8,11H2,1-2H3. The van der Waals surface area contributed by atoms with Crippen LogP contribution in [0.25, 0.3) is 16.9 Å². The number of rotatable bonds is 4. The van der Waals surface area contributed by atoms with Crippen LogP contribution in [-0.2, 0) is 11.3 Å². The van der Waals surface area contributed by atoms with Crippen LogP contribution < -0.4 is 4.74 Å². The Morgan fingerprint density at radius 3 is 2.88 bits per heavy atom. The number of methoxy groups -OCH3 is 1. The van der Waals surface area contributed by atoms with Crippen molar-refractivity contribution in [3.63, 3.8) is 0 Å². The van der Waals surface area contributed by atoms with Gasteiger partial charge in [0.1, 0.15) is 11.6 Å². The predicted octanol–water partition coefficient (Wildman–Crippen LogP) is 1.94. The molecule has 1 saturated heterocycles. The third-order valence-electron chi connectivity index (χ3n) is 4.38. The van der Waals surface area contributed by atoms with Crippen LogP contribution in [0.3, 0.4) is 0 Å². The second-order valence-corrected chi connectivity index (χ2v) is 6.17. The topological polar surface area (TPSA) is 64.8 Å². The van der Waals surface area contributed by atoms with Crippen LogP contribution in [0.2, 0.25) is 0 Å². The van der Waals surface area contributed by atoms with Crippen molar-refractivity contribution < 1.29 is 9.47 Å². The summed E-state index contributed by atoms with van der Waals surface area (Å²) in [6.07, 6.45) is 3.76. The number of nitrogens with zero attached hydrogens (tertiary/aromatic N) is 5. The smallest absolute Gasteiger partial charge is 0.252 e. The second-order valence-electron chi connectivity index (χ2n) is 6.17. The average molecular weight is 339 g/mol. The molecule has 1 aliphatic rings. The van der Waals surface area contributed by atoms with E-state index in [1.165, 1.54) is 5.56 Å². The second kappa shape index (κ2) is 6.78. The summed E-state index contributed by atoms with van der Waals surface area (Å²) in [5, 5.41) is 4.35. The van der Waals surface area contributed by atoms with E-state index in [0.29, 0.717) is 11.6 Å². The minimum Gasteiger partial charge on any atom is -0.496 e. The zero-order valence-electron chi connectivity index (χ0n) is 14.5. The molecule has 0 unspecified atom stereocenters. The Morgan fingerprint density at radius 1 is 1.24 bits per heavy atom. The zero-order valence-corrected chi connectivity index (χ0v) is 14.5. The summed E-state index contributed by atoms with van der Waals surface area (Å²) in [6, 6.07) is 6.30. The highest BCUT2D eigenvalue weighted by molar-refractivity contribution is 5.70. The molecule has 0 N–H and O–H groups in total. The summed E-state index contributed by atoms with van der Waals surface area (Å²) < 4.78 is 12.7. The van der Waals surface area contributed by atoms with Crippen molar-refractivity contribution in [1.82, 2.24) is 24.5 Å². The summed E-state index contributed by atoms with van der Waals surface area (Å²) in [6.45, 7) is 6.29. The minimum absolute atomic E-state index is 0.602. The third-order valence-corrected chi connectivity index (χ3v) is 4.38. The molecule has 7 heteroatoms. The van der Waals surface area contributed by atoms with Gasteiger partial charge < -0.3 is 9.47 Å². The van der Waals surface area contributed by atoms with Crippen LogP contribution in [0, 0.1) is 6.92 Å². The summed E-state index contributed by atoms with van der Waals surface area (Å²) in [5.41, 5.74) is 3.21. The Kier molecular flexibility index (Phi) is 4.33. The van der Waals surface area contributed by atoms with Crippen molar-refractivity contribution >= 4 is 5.78 Å². The molecule has 0 amide bonds. The van der Waals surface area contributed by atoms with E-state index >= 15 is 0 Å². The summed E-state index contributed by atoms with van der Waals surface area (Å²) in [5.74, 6) is 2.13. The van der Waals surface area contributed by atoms with Crippen LogP contribution in [0.4, 0.5) is 0 Å². The number of hydrogen-bond donors (Lipinski definition) is 0. The van der Waals surface area contributed by atoms with Crippen molar-refractivity contribution in [3.05, 3.63) is 42.0 Å². The van der Waals surface area contributed by atoms with E-state index < -0.39 is 0 Å². The Labute approximate surface area is 146 Å². The highest BCUT2D eigenvalue weighted by Crippen LogP contribution is 2.31. The SMILES string of the molecule is COc1ccc(CN2CCOCC2)cc1-c1cnc2nc(C)nn2c1. The van der Waals surface area contributed by atoms with E-state index in [2.05, 4.69) is 32.1 Å². The summed E-state index contributed by atoms with van der Waals surface area (Å²) >= 11 is 0. The van der Waals surface area contributed by atoms with E-state index in [1.54, 1.807) is 11.6 Å². The number of fused-ring (bicyclic) bond motifs is 1. The van der Waals surface area contributed by atoms with E-state index in [0.717, 1.165) is 49.7 Å². The molecule has 0 saturated carbocycles. The molecule has 4 rings (SSSR count). The Bertz CT molecular complexity index is 886. The van der Waals surface area contributed by atoms with Gasteiger partial charge >= 0.3 is 0 Å². The lowest BCUT2D eigenvalue weighted by Gasteiger charge is -2.26. The summed E-state index contributed by atoms with van der Waals surface area (Å²) in [7, 11) is 1.69. The number of ether oxygens (including phenoxy) is 2. The van der Waals surface area contributed by atoms with Gasteiger partial charge in [0.15, 0.2) is 0 Å². The highest BCUT2D eigenvalue weighted by atomic mass is 16.5. The van der Waals surface area contributed by atoms with Gasteiger partial charge in [0.25, 0.3) is 5.78 Å². The van der Waals surface area contributed by atoms with E-state index in [-0.39, 0.29) is 0 Å². The molecule has 1 aliphatic heterocycles.